The molecule has 1 aliphatic carbocycles. The largest absolute Gasteiger partial charge is 0.372 e. The minimum absolute atomic E-state index is 0.199. The van der Waals surface area contributed by atoms with E-state index in [1.54, 1.807) is 13.1 Å². The van der Waals surface area contributed by atoms with Crippen LogP contribution in [0.15, 0.2) is 6.07 Å². The Bertz CT molecular complexity index is 470. The van der Waals surface area contributed by atoms with Crippen LogP contribution in [0.25, 0.3) is 0 Å². The van der Waals surface area contributed by atoms with Crippen LogP contribution in [0.1, 0.15) is 25.7 Å². The van der Waals surface area contributed by atoms with Crippen LogP contribution in [0.4, 0.5) is 11.6 Å². The summed E-state index contributed by atoms with van der Waals surface area (Å²) < 4.78 is 0. The summed E-state index contributed by atoms with van der Waals surface area (Å²) in [5, 5.41) is 7.46. The maximum Gasteiger partial charge on any atom is 0.147 e. The zero-order valence-electron chi connectivity index (χ0n) is 12.3. The van der Waals surface area contributed by atoms with Gasteiger partial charge in [-0.05, 0) is 33.0 Å². The molecule has 0 aromatic carbocycles. The first-order valence-corrected chi connectivity index (χ1v) is 7.69. The number of hydrogen-bond acceptors (Lipinski definition) is 4. The minimum atomic E-state index is 0.199. The number of rotatable bonds is 5. The smallest absolute Gasteiger partial charge is 0.147 e. The maximum atomic E-state index is 6.22. The molecule has 0 radical (unpaired) electrons. The highest BCUT2D eigenvalue weighted by atomic mass is 35.5. The van der Waals surface area contributed by atoms with Gasteiger partial charge >= 0.3 is 0 Å². The molecule has 0 aliphatic heterocycles. The Morgan fingerprint density at radius 3 is 2.35 bits per heavy atom. The van der Waals surface area contributed by atoms with Crippen LogP contribution in [0, 0.1) is 0 Å². The number of anilines is 2. The summed E-state index contributed by atoms with van der Waals surface area (Å²) in [7, 11) is 6.08. The summed E-state index contributed by atoms with van der Waals surface area (Å²) in [6.45, 7) is 0.845. The third-order valence-corrected chi connectivity index (χ3v) is 4.81. The van der Waals surface area contributed by atoms with E-state index < -0.39 is 0 Å². The van der Waals surface area contributed by atoms with E-state index in [1.165, 1.54) is 25.7 Å². The molecule has 0 spiro atoms. The van der Waals surface area contributed by atoms with E-state index in [0.29, 0.717) is 21.7 Å². The standard InChI is InChI=1S/C14H22Cl2N4/c1-17-12-10(15)8-11(16)13(19-12)18-9-14(20(2)3)6-4-5-7-14/h8H,4-7,9H2,1-3H3,(H2,17,18,19). The number of nitrogens with zero attached hydrogens (tertiary/aromatic N) is 2. The first-order chi connectivity index (χ1) is 9.48. The number of hydrogen-bond donors (Lipinski definition) is 2. The van der Waals surface area contributed by atoms with Crippen molar-refractivity contribution >= 4 is 34.8 Å². The van der Waals surface area contributed by atoms with Crippen LogP contribution in [-0.2, 0) is 0 Å². The molecular formula is C14H22Cl2N4. The van der Waals surface area contributed by atoms with Gasteiger partial charge in [0.05, 0.1) is 10.0 Å². The summed E-state index contributed by atoms with van der Waals surface area (Å²) in [4.78, 5) is 6.75. The molecule has 0 amide bonds. The zero-order chi connectivity index (χ0) is 14.8. The molecule has 1 aromatic rings. The Hall–Kier alpha value is -0.710. The monoisotopic (exact) mass is 316 g/mol. The predicted octanol–water partition coefficient (Wildman–Crippen LogP) is 3.72. The summed E-state index contributed by atoms with van der Waals surface area (Å²) in [6, 6.07) is 1.72. The zero-order valence-corrected chi connectivity index (χ0v) is 13.8. The minimum Gasteiger partial charge on any atom is -0.372 e. The second kappa shape index (κ2) is 6.37. The van der Waals surface area contributed by atoms with E-state index in [2.05, 4.69) is 34.6 Å². The van der Waals surface area contributed by atoms with Gasteiger partial charge in [-0.1, -0.05) is 36.0 Å². The van der Waals surface area contributed by atoms with Crippen molar-refractivity contribution in [3.63, 3.8) is 0 Å². The fourth-order valence-corrected chi connectivity index (χ4v) is 3.35. The fourth-order valence-electron chi connectivity index (χ4n) is 2.83. The Morgan fingerprint density at radius 1 is 1.20 bits per heavy atom. The third kappa shape index (κ3) is 3.13. The lowest BCUT2D eigenvalue weighted by Crippen LogP contribution is -2.47. The summed E-state index contributed by atoms with van der Waals surface area (Å²) in [6.07, 6.45) is 4.97. The Morgan fingerprint density at radius 2 is 1.80 bits per heavy atom. The van der Waals surface area contributed by atoms with E-state index in [4.69, 9.17) is 23.2 Å². The molecule has 1 aromatic heterocycles. The lowest BCUT2D eigenvalue weighted by atomic mass is 9.96. The molecule has 0 saturated heterocycles. The van der Waals surface area contributed by atoms with E-state index in [-0.39, 0.29) is 5.54 Å². The molecule has 112 valence electrons. The normalized spacial score (nSPS) is 17.5. The van der Waals surface area contributed by atoms with E-state index >= 15 is 0 Å². The molecule has 20 heavy (non-hydrogen) atoms. The highest BCUT2D eigenvalue weighted by Crippen LogP contribution is 2.35. The van der Waals surface area contributed by atoms with Gasteiger partial charge in [-0.2, -0.15) is 0 Å². The lowest BCUT2D eigenvalue weighted by molar-refractivity contribution is 0.172. The second-order valence-electron chi connectivity index (χ2n) is 5.58. The molecule has 0 atom stereocenters. The van der Waals surface area contributed by atoms with Crippen LogP contribution >= 0.6 is 23.2 Å². The number of halogens is 2. The van der Waals surface area contributed by atoms with Crippen LogP contribution in [0.3, 0.4) is 0 Å². The summed E-state index contributed by atoms with van der Waals surface area (Å²) in [5.41, 5.74) is 0.199. The summed E-state index contributed by atoms with van der Waals surface area (Å²) >= 11 is 12.3. The molecule has 6 heteroatoms. The van der Waals surface area contributed by atoms with Crippen molar-refractivity contribution in [2.75, 3.05) is 38.3 Å². The Balaban J connectivity index is 2.14. The highest BCUT2D eigenvalue weighted by Gasteiger charge is 2.35. The Labute approximate surface area is 130 Å². The molecule has 4 nitrogen and oxygen atoms in total. The van der Waals surface area contributed by atoms with E-state index in [9.17, 15) is 0 Å². The average Bonchev–Trinajstić information content (AvgIpc) is 2.88. The van der Waals surface area contributed by atoms with Crippen LogP contribution in [0.2, 0.25) is 10.0 Å². The molecular weight excluding hydrogens is 295 g/mol. The molecule has 0 unspecified atom stereocenters. The first kappa shape index (κ1) is 15.7. The molecule has 2 rings (SSSR count). The van der Waals surface area contributed by atoms with Gasteiger partial charge in [0.25, 0.3) is 0 Å². The molecule has 1 heterocycles. The lowest BCUT2D eigenvalue weighted by Gasteiger charge is -2.36. The number of nitrogens with one attached hydrogen (secondary N) is 2. The van der Waals surface area contributed by atoms with Crippen molar-refractivity contribution in [2.45, 2.75) is 31.2 Å². The first-order valence-electron chi connectivity index (χ1n) is 6.93. The maximum absolute atomic E-state index is 6.22. The highest BCUT2D eigenvalue weighted by molar-refractivity contribution is 6.37. The van der Waals surface area contributed by atoms with Crippen molar-refractivity contribution in [2.24, 2.45) is 0 Å². The molecule has 0 bridgehead atoms. The third-order valence-electron chi connectivity index (χ3n) is 4.23. The molecule has 1 fully saturated rings. The van der Waals surface area contributed by atoms with Gasteiger partial charge < -0.3 is 15.5 Å². The van der Waals surface area contributed by atoms with Gasteiger partial charge in [-0.3, -0.25) is 0 Å². The molecule has 2 N–H and O–H groups in total. The van der Waals surface area contributed by atoms with Gasteiger partial charge in [0, 0.05) is 19.1 Å². The van der Waals surface area contributed by atoms with Crippen LogP contribution < -0.4 is 10.6 Å². The SMILES string of the molecule is CNc1nc(NCC2(N(C)C)CCCC2)c(Cl)cc1Cl. The molecule has 1 saturated carbocycles. The van der Waals surface area contributed by atoms with Gasteiger partial charge in [0.2, 0.25) is 0 Å². The van der Waals surface area contributed by atoms with Crippen molar-refractivity contribution in [3.8, 4) is 0 Å². The Kier molecular flexibility index (Phi) is 4.99. The summed E-state index contributed by atoms with van der Waals surface area (Å²) in [5.74, 6) is 1.33. The van der Waals surface area contributed by atoms with Crippen molar-refractivity contribution < 1.29 is 0 Å². The quantitative estimate of drug-likeness (QED) is 0.868. The topological polar surface area (TPSA) is 40.2 Å². The average molecular weight is 317 g/mol. The number of likely N-dealkylation sites (N-methyl/N-ethyl adjacent to an activating group) is 1. The van der Waals surface area contributed by atoms with Crippen molar-refractivity contribution in [3.05, 3.63) is 16.1 Å². The number of aromatic nitrogens is 1. The van der Waals surface area contributed by atoms with Crippen molar-refractivity contribution in [1.29, 1.82) is 0 Å². The van der Waals surface area contributed by atoms with Gasteiger partial charge in [-0.15, -0.1) is 0 Å². The van der Waals surface area contributed by atoms with Crippen molar-refractivity contribution in [1.82, 2.24) is 9.88 Å². The van der Waals surface area contributed by atoms with Crippen LogP contribution in [-0.4, -0.2) is 43.1 Å². The van der Waals surface area contributed by atoms with E-state index in [0.717, 1.165) is 6.54 Å². The van der Waals surface area contributed by atoms with Crippen LogP contribution in [0.5, 0.6) is 0 Å². The predicted molar refractivity (Wildman–Crippen MR) is 87.2 cm³/mol. The molecule has 1 aliphatic rings. The second-order valence-corrected chi connectivity index (χ2v) is 6.39. The van der Waals surface area contributed by atoms with Gasteiger partial charge in [-0.25, -0.2) is 4.98 Å². The van der Waals surface area contributed by atoms with Gasteiger partial charge in [0.1, 0.15) is 11.6 Å². The fraction of sp³-hybridized carbons (Fsp3) is 0.643. The van der Waals surface area contributed by atoms with E-state index in [1.807, 2.05) is 0 Å². The van der Waals surface area contributed by atoms with Gasteiger partial charge in [0.15, 0.2) is 0 Å². The number of pyridine rings is 1.